The lowest BCUT2D eigenvalue weighted by Crippen LogP contribution is -2.42. The van der Waals surface area contributed by atoms with Gasteiger partial charge in [-0.15, -0.1) is 0 Å². The summed E-state index contributed by atoms with van der Waals surface area (Å²) in [6, 6.07) is 15.2. The van der Waals surface area contributed by atoms with Crippen molar-refractivity contribution >= 4 is 11.6 Å². The van der Waals surface area contributed by atoms with Crippen LogP contribution in [0, 0.1) is 0 Å². The Bertz CT molecular complexity index is 817. The van der Waals surface area contributed by atoms with Crippen LogP contribution in [0.25, 0.3) is 0 Å². The van der Waals surface area contributed by atoms with E-state index in [-0.39, 0.29) is 6.04 Å². The van der Waals surface area contributed by atoms with E-state index in [0.717, 1.165) is 24.0 Å². The van der Waals surface area contributed by atoms with Crippen molar-refractivity contribution in [1.82, 2.24) is 14.8 Å². The van der Waals surface area contributed by atoms with E-state index in [0.29, 0.717) is 5.02 Å². The molecule has 0 aliphatic heterocycles. The van der Waals surface area contributed by atoms with E-state index in [2.05, 4.69) is 16.1 Å². The monoisotopic (exact) mass is 325 g/mol. The molecule has 2 atom stereocenters. The molecular formula is C18H16ClN3O. The van der Waals surface area contributed by atoms with E-state index in [4.69, 9.17) is 11.6 Å². The molecule has 0 spiro atoms. The van der Waals surface area contributed by atoms with Gasteiger partial charge in [-0.05, 0) is 41.7 Å². The quantitative estimate of drug-likeness (QED) is 0.786. The van der Waals surface area contributed by atoms with Crippen molar-refractivity contribution in [3.05, 3.63) is 82.9 Å². The highest BCUT2D eigenvalue weighted by Crippen LogP contribution is 2.46. The Kier molecular flexibility index (Phi) is 3.43. The minimum Gasteiger partial charge on any atom is -0.378 e. The second-order valence-corrected chi connectivity index (χ2v) is 6.30. The van der Waals surface area contributed by atoms with Crippen LogP contribution in [0.15, 0.2) is 61.2 Å². The number of aryl methyl sites for hydroxylation is 1. The number of benzene rings is 2. The largest absolute Gasteiger partial charge is 0.378 e. The predicted octanol–water partition coefficient (Wildman–Crippen LogP) is 3.35. The van der Waals surface area contributed by atoms with Gasteiger partial charge in [0.25, 0.3) is 0 Å². The van der Waals surface area contributed by atoms with E-state index in [9.17, 15) is 5.11 Å². The molecule has 4 nitrogen and oxygen atoms in total. The standard InChI is InChI=1S/C18H16ClN3O/c19-15-8-6-14(7-9-15)18(23)16-4-2-1-3-13(16)5-10-17(18)22-12-20-11-21-22/h1-4,6-9,11-12,17,23H,5,10H2. The lowest BCUT2D eigenvalue weighted by Gasteiger charge is -2.41. The minimum atomic E-state index is -1.16. The van der Waals surface area contributed by atoms with Crippen LogP contribution in [0.1, 0.15) is 29.2 Å². The van der Waals surface area contributed by atoms with Crippen LogP contribution in [0.3, 0.4) is 0 Å². The van der Waals surface area contributed by atoms with Crippen LogP contribution in [-0.2, 0) is 12.0 Å². The molecule has 0 saturated carbocycles. The Balaban J connectivity index is 1.94. The zero-order valence-electron chi connectivity index (χ0n) is 12.4. The smallest absolute Gasteiger partial charge is 0.137 e. The summed E-state index contributed by atoms with van der Waals surface area (Å²) in [6.07, 6.45) is 4.86. The molecule has 0 fully saturated rings. The van der Waals surface area contributed by atoms with Crippen LogP contribution in [0.5, 0.6) is 0 Å². The highest BCUT2D eigenvalue weighted by molar-refractivity contribution is 6.30. The molecule has 0 radical (unpaired) electrons. The fourth-order valence-corrected chi connectivity index (χ4v) is 3.67. The molecule has 0 amide bonds. The SMILES string of the molecule is OC1(c2ccc(Cl)cc2)c2ccccc2CCC1n1cncn1. The normalized spacial score (nSPS) is 23.5. The van der Waals surface area contributed by atoms with Crippen LogP contribution in [0.2, 0.25) is 5.02 Å². The third-order valence-corrected chi connectivity index (χ3v) is 4.89. The van der Waals surface area contributed by atoms with E-state index in [1.54, 1.807) is 11.0 Å². The zero-order chi connectivity index (χ0) is 15.9. The third-order valence-electron chi connectivity index (χ3n) is 4.64. The Morgan fingerprint density at radius 3 is 2.65 bits per heavy atom. The van der Waals surface area contributed by atoms with E-state index in [1.165, 1.54) is 11.9 Å². The Labute approximate surface area is 139 Å². The maximum absolute atomic E-state index is 11.8. The van der Waals surface area contributed by atoms with Gasteiger partial charge in [-0.1, -0.05) is 48.0 Å². The summed E-state index contributed by atoms with van der Waals surface area (Å²) in [5.41, 5.74) is 1.75. The minimum absolute atomic E-state index is 0.207. The average Bonchev–Trinajstić information content (AvgIpc) is 3.10. The Morgan fingerprint density at radius 1 is 1.13 bits per heavy atom. The fourth-order valence-electron chi connectivity index (χ4n) is 3.54. The van der Waals surface area contributed by atoms with Gasteiger partial charge in [0.1, 0.15) is 18.3 Å². The topological polar surface area (TPSA) is 50.9 Å². The first-order valence-electron chi connectivity index (χ1n) is 7.60. The number of nitrogens with zero attached hydrogens (tertiary/aromatic N) is 3. The predicted molar refractivity (Wildman–Crippen MR) is 88.3 cm³/mol. The summed E-state index contributed by atoms with van der Waals surface area (Å²) in [5.74, 6) is 0. The number of halogens is 1. The van der Waals surface area contributed by atoms with E-state index < -0.39 is 5.60 Å². The van der Waals surface area contributed by atoms with Crippen molar-refractivity contribution in [2.75, 3.05) is 0 Å². The van der Waals surface area contributed by atoms with Gasteiger partial charge in [-0.2, -0.15) is 5.10 Å². The highest BCUT2D eigenvalue weighted by Gasteiger charge is 2.45. The van der Waals surface area contributed by atoms with Crippen LogP contribution >= 0.6 is 11.6 Å². The second kappa shape index (κ2) is 5.48. The Hall–Kier alpha value is -2.17. The molecule has 1 heterocycles. The molecule has 3 aromatic rings. The van der Waals surface area contributed by atoms with Gasteiger partial charge < -0.3 is 5.11 Å². The lowest BCUT2D eigenvalue weighted by molar-refractivity contribution is 0.00534. The number of aromatic nitrogens is 3. The van der Waals surface area contributed by atoms with E-state index in [1.807, 2.05) is 42.5 Å². The molecule has 2 unspecified atom stereocenters. The third kappa shape index (κ3) is 2.26. The summed E-state index contributed by atoms with van der Waals surface area (Å²) in [4.78, 5) is 4.05. The summed E-state index contributed by atoms with van der Waals surface area (Å²) in [5, 5.41) is 16.7. The fraction of sp³-hybridized carbons (Fsp3) is 0.222. The van der Waals surface area contributed by atoms with Crippen molar-refractivity contribution in [1.29, 1.82) is 0 Å². The highest BCUT2D eigenvalue weighted by atomic mass is 35.5. The number of aliphatic hydroxyl groups is 1. The molecule has 1 N–H and O–H groups in total. The number of fused-ring (bicyclic) bond motifs is 1. The number of rotatable bonds is 2. The average molecular weight is 326 g/mol. The molecule has 23 heavy (non-hydrogen) atoms. The van der Waals surface area contributed by atoms with Gasteiger partial charge in [0.15, 0.2) is 0 Å². The molecule has 2 aromatic carbocycles. The van der Waals surface area contributed by atoms with Crippen LogP contribution in [0.4, 0.5) is 0 Å². The molecule has 0 saturated heterocycles. The first-order chi connectivity index (χ1) is 11.2. The lowest BCUT2D eigenvalue weighted by atomic mass is 9.72. The van der Waals surface area contributed by atoms with Gasteiger partial charge in [-0.25, -0.2) is 9.67 Å². The first-order valence-corrected chi connectivity index (χ1v) is 7.98. The maximum Gasteiger partial charge on any atom is 0.137 e. The second-order valence-electron chi connectivity index (χ2n) is 5.86. The molecule has 116 valence electrons. The summed E-state index contributed by atoms with van der Waals surface area (Å²) in [7, 11) is 0. The molecule has 1 aliphatic rings. The van der Waals surface area contributed by atoms with Gasteiger partial charge in [0, 0.05) is 5.02 Å². The Morgan fingerprint density at radius 2 is 1.91 bits per heavy atom. The van der Waals surface area contributed by atoms with Crippen molar-refractivity contribution < 1.29 is 5.11 Å². The van der Waals surface area contributed by atoms with Gasteiger partial charge in [-0.3, -0.25) is 0 Å². The van der Waals surface area contributed by atoms with E-state index >= 15 is 0 Å². The van der Waals surface area contributed by atoms with Crippen LogP contribution in [-0.4, -0.2) is 19.9 Å². The van der Waals surface area contributed by atoms with Gasteiger partial charge in [0.05, 0.1) is 6.04 Å². The molecule has 1 aromatic heterocycles. The molecule has 5 heteroatoms. The zero-order valence-corrected chi connectivity index (χ0v) is 13.2. The maximum atomic E-state index is 11.8. The molecule has 0 bridgehead atoms. The van der Waals surface area contributed by atoms with Gasteiger partial charge in [0.2, 0.25) is 0 Å². The molecule has 1 aliphatic carbocycles. The first kappa shape index (κ1) is 14.4. The number of hydrogen-bond acceptors (Lipinski definition) is 3. The van der Waals surface area contributed by atoms with Crippen molar-refractivity contribution in [3.63, 3.8) is 0 Å². The van der Waals surface area contributed by atoms with Crippen molar-refractivity contribution in [2.45, 2.75) is 24.5 Å². The van der Waals surface area contributed by atoms with Crippen molar-refractivity contribution in [3.8, 4) is 0 Å². The van der Waals surface area contributed by atoms with Crippen LogP contribution < -0.4 is 0 Å². The molecular weight excluding hydrogens is 310 g/mol. The summed E-state index contributed by atoms with van der Waals surface area (Å²) >= 11 is 6.02. The number of hydrogen-bond donors (Lipinski definition) is 1. The summed E-state index contributed by atoms with van der Waals surface area (Å²) in [6.45, 7) is 0. The van der Waals surface area contributed by atoms with Crippen molar-refractivity contribution in [2.24, 2.45) is 0 Å². The van der Waals surface area contributed by atoms with Gasteiger partial charge >= 0.3 is 0 Å². The molecule has 4 rings (SSSR count). The summed E-state index contributed by atoms with van der Waals surface area (Å²) < 4.78 is 1.75.